The molecule has 3 aromatic rings. The highest BCUT2D eigenvalue weighted by Crippen LogP contribution is 2.42. The molecule has 1 N–H and O–H groups in total. The van der Waals surface area contributed by atoms with Crippen LogP contribution in [0.25, 0.3) is 11.0 Å². The van der Waals surface area contributed by atoms with Crippen LogP contribution in [0.2, 0.25) is 5.02 Å². The van der Waals surface area contributed by atoms with E-state index in [1.165, 1.54) is 6.07 Å². The van der Waals surface area contributed by atoms with E-state index in [2.05, 4.69) is 6.07 Å². The number of aromatic nitrogens is 1. The summed E-state index contributed by atoms with van der Waals surface area (Å²) in [7, 11) is 0. The lowest BCUT2D eigenvalue weighted by atomic mass is 9.86. The maximum absolute atomic E-state index is 12.9. The van der Waals surface area contributed by atoms with Crippen molar-refractivity contribution in [3.63, 3.8) is 0 Å². The fourth-order valence-corrected chi connectivity index (χ4v) is 3.46. The Balaban J connectivity index is 2.00. The maximum atomic E-state index is 12.9. The van der Waals surface area contributed by atoms with Crippen LogP contribution in [0.1, 0.15) is 31.0 Å². The first-order valence-corrected chi connectivity index (χ1v) is 8.42. The van der Waals surface area contributed by atoms with Crippen molar-refractivity contribution in [2.75, 3.05) is 0 Å². The standard InChI is InChI=1S/C19H15ClN2O4/c1-19(2)17(23)16(12-7-10(9-21)3-5-14(12)25-19)22-18(24)13-8-11(20)4-6-15(13)26-22/h3-8,16-17,23H,1-2H3/t16-,17+/m1/s1. The maximum Gasteiger partial charge on any atom is 0.291 e. The number of hydrogen-bond donors (Lipinski definition) is 1. The third-order valence-electron chi connectivity index (χ3n) is 4.66. The smallest absolute Gasteiger partial charge is 0.291 e. The van der Waals surface area contributed by atoms with Gasteiger partial charge in [-0.3, -0.25) is 4.79 Å². The van der Waals surface area contributed by atoms with Crippen LogP contribution in [0.3, 0.4) is 0 Å². The Hall–Kier alpha value is -2.75. The van der Waals surface area contributed by atoms with Crippen LogP contribution < -0.4 is 10.3 Å². The van der Waals surface area contributed by atoms with E-state index in [1.54, 1.807) is 44.2 Å². The highest BCUT2D eigenvalue weighted by molar-refractivity contribution is 6.31. The van der Waals surface area contributed by atoms with Crippen LogP contribution in [0.5, 0.6) is 5.75 Å². The average Bonchev–Trinajstić information content (AvgIpc) is 2.92. The van der Waals surface area contributed by atoms with Crippen molar-refractivity contribution in [2.45, 2.75) is 31.6 Å². The fraction of sp³-hybridized carbons (Fsp3) is 0.263. The number of aliphatic hydroxyl groups is 1. The molecule has 4 rings (SSSR count). The lowest BCUT2D eigenvalue weighted by Gasteiger charge is -2.41. The quantitative estimate of drug-likeness (QED) is 0.710. The topological polar surface area (TPSA) is 88.4 Å². The first-order chi connectivity index (χ1) is 12.3. The van der Waals surface area contributed by atoms with Crippen LogP contribution in [0.4, 0.5) is 0 Å². The molecule has 2 heterocycles. The predicted molar refractivity (Wildman–Crippen MR) is 95.5 cm³/mol. The Morgan fingerprint density at radius 1 is 1.27 bits per heavy atom. The summed E-state index contributed by atoms with van der Waals surface area (Å²) in [5.74, 6) is 0.495. The second kappa shape index (κ2) is 5.63. The van der Waals surface area contributed by atoms with Crippen molar-refractivity contribution < 1.29 is 14.4 Å². The van der Waals surface area contributed by atoms with E-state index in [-0.39, 0.29) is 0 Å². The molecule has 2 atom stereocenters. The molecule has 1 aromatic heterocycles. The number of aliphatic hydroxyl groups excluding tert-OH is 1. The summed E-state index contributed by atoms with van der Waals surface area (Å²) < 4.78 is 12.7. The van der Waals surface area contributed by atoms with Crippen LogP contribution in [0, 0.1) is 11.3 Å². The molecular weight excluding hydrogens is 356 g/mol. The Bertz CT molecular complexity index is 1120. The number of halogens is 1. The number of benzene rings is 2. The van der Waals surface area contributed by atoms with Gasteiger partial charge in [0, 0.05) is 10.6 Å². The number of hydrogen-bond acceptors (Lipinski definition) is 5. The summed E-state index contributed by atoms with van der Waals surface area (Å²) >= 11 is 5.99. The van der Waals surface area contributed by atoms with Crippen LogP contribution in [-0.4, -0.2) is 21.6 Å². The highest BCUT2D eigenvalue weighted by Gasteiger charge is 2.45. The van der Waals surface area contributed by atoms with E-state index < -0.39 is 23.3 Å². The van der Waals surface area contributed by atoms with Gasteiger partial charge in [-0.25, -0.2) is 0 Å². The lowest BCUT2D eigenvalue weighted by molar-refractivity contribution is -0.0764. The summed E-state index contributed by atoms with van der Waals surface area (Å²) in [6, 6.07) is 10.9. The molecule has 6 nitrogen and oxygen atoms in total. The van der Waals surface area contributed by atoms with E-state index in [1.807, 2.05) is 0 Å². The molecule has 0 fully saturated rings. The molecule has 0 saturated heterocycles. The summed E-state index contributed by atoms with van der Waals surface area (Å²) in [5, 5.41) is 20.9. The van der Waals surface area contributed by atoms with Crippen LogP contribution >= 0.6 is 11.6 Å². The molecule has 26 heavy (non-hydrogen) atoms. The summed E-state index contributed by atoms with van der Waals surface area (Å²) in [6.07, 6.45) is -1.07. The monoisotopic (exact) mass is 370 g/mol. The van der Waals surface area contributed by atoms with E-state index in [9.17, 15) is 15.2 Å². The molecule has 2 aromatic carbocycles. The third kappa shape index (κ3) is 2.40. The zero-order valence-electron chi connectivity index (χ0n) is 14.1. The van der Waals surface area contributed by atoms with E-state index in [0.717, 1.165) is 4.74 Å². The number of fused-ring (bicyclic) bond motifs is 2. The number of ether oxygens (including phenoxy) is 1. The zero-order valence-corrected chi connectivity index (χ0v) is 14.8. The van der Waals surface area contributed by atoms with Gasteiger partial charge in [0.2, 0.25) is 0 Å². The molecule has 1 aliphatic rings. The largest absolute Gasteiger partial charge is 0.485 e. The van der Waals surface area contributed by atoms with Crippen molar-refractivity contribution in [3.8, 4) is 11.8 Å². The van der Waals surface area contributed by atoms with Crippen molar-refractivity contribution >= 4 is 22.6 Å². The molecule has 0 amide bonds. The number of nitrogens with zero attached hydrogens (tertiary/aromatic N) is 2. The summed E-state index contributed by atoms with van der Waals surface area (Å²) in [5.41, 5.74) is -0.0759. The van der Waals surface area contributed by atoms with Gasteiger partial charge in [-0.15, -0.1) is 0 Å². The number of nitriles is 1. The summed E-state index contributed by atoms with van der Waals surface area (Å²) in [6.45, 7) is 3.47. The molecule has 1 aliphatic heterocycles. The first kappa shape index (κ1) is 16.7. The van der Waals surface area contributed by atoms with Crippen molar-refractivity contribution in [2.24, 2.45) is 0 Å². The van der Waals surface area contributed by atoms with E-state index in [0.29, 0.717) is 32.9 Å². The average molecular weight is 371 g/mol. The van der Waals surface area contributed by atoms with Gasteiger partial charge in [0.1, 0.15) is 23.5 Å². The normalized spacial score (nSPS) is 21.0. The van der Waals surface area contributed by atoms with Gasteiger partial charge >= 0.3 is 0 Å². The van der Waals surface area contributed by atoms with Crippen LogP contribution in [0.15, 0.2) is 45.7 Å². The Kier molecular flexibility index (Phi) is 3.62. The zero-order chi connectivity index (χ0) is 18.6. The Morgan fingerprint density at radius 2 is 2.04 bits per heavy atom. The molecule has 0 aliphatic carbocycles. The van der Waals surface area contributed by atoms with Crippen molar-refractivity contribution in [1.82, 2.24) is 4.74 Å². The SMILES string of the molecule is CC1(C)Oc2ccc(C#N)cc2[C@@H](n2oc3ccc(Cl)cc3c2=O)[C@@H]1O. The minimum atomic E-state index is -1.07. The molecule has 7 heteroatoms. The molecule has 0 saturated carbocycles. The Morgan fingerprint density at radius 3 is 2.77 bits per heavy atom. The molecule has 0 bridgehead atoms. The minimum absolute atomic E-state index is 0.326. The molecule has 0 radical (unpaired) electrons. The molecule has 0 spiro atoms. The lowest BCUT2D eigenvalue weighted by Crippen LogP contribution is -2.51. The molecular formula is C19H15ClN2O4. The first-order valence-electron chi connectivity index (χ1n) is 8.04. The van der Waals surface area contributed by atoms with Gasteiger partial charge in [-0.2, -0.15) is 10.0 Å². The van der Waals surface area contributed by atoms with E-state index >= 15 is 0 Å². The molecule has 132 valence electrons. The second-order valence-corrected chi connectivity index (χ2v) is 7.26. The van der Waals surface area contributed by atoms with Gasteiger partial charge in [0.15, 0.2) is 5.58 Å². The van der Waals surface area contributed by atoms with Crippen LogP contribution in [-0.2, 0) is 0 Å². The third-order valence-corrected chi connectivity index (χ3v) is 4.90. The molecule has 0 unspecified atom stereocenters. The summed E-state index contributed by atoms with van der Waals surface area (Å²) in [4.78, 5) is 12.9. The van der Waals surface area contributed by atoms with E-state index in [4.69, 9.17) is 20.9 Å². The van der Waals surface area contributed by atoms with Gasteiger partial charge < -0.3 is 14.4 Å². The minimum Gasteiger partial charge on any atom is -0.485 e. The second-order valence-electron chi connectivity index (χ2n) is 6.82. The van der Waals surface area contributed by atoms with Crippen molar-refractivity contribution in [3.05, 3.63) is 62.9 Å². The van der Waals surface area contributed by atoms with Gasteiger partial charge in [-0.05, 0) is 50.2 Å². The van der Waals surface area contributed by atoms with Gasteiger partial charge in [0.25, 0.3) is 5.56 Å². The fourth-order valence-electron chi connectivity index (χ4n) is 3.29. The van der Waals surface area contributed by atoms with Gasteiger partial charge in [0.05, 0.1) is 17.0 Å². The number of rotatable bonds is 1. The van der Waals surface area contributed by atoms with Crippen molar-refractivity contribution in [1.29, 1.82) is 5.26 Å². The predicted octanol–water partition coefficient (Wildman–Crippen LogP) is 3.24. The van der Waals surface area contributed by atoms with Gasteiger partial charge in [-0.1, -0.05) is 11.6 Å². The Labute approximate surface area is 153 Å². The highest BCUT2D eigenvalue weighted by atomic mass is 35.5.